The molecule has 0 atom stereocenters. The summed E-state index contributed by atoms with van der Waals surface area (Å²) in [6.45, 7) is -0.232. The summed E-state index contributed by atoms with van der Waals surface area (Å²) in [5, 5.41) is 18.5. The summed E-state index contributed by atoms with van der Waals surface area (Å²) in [5.41, 5.74) is 3.05. The Bertz CT molecular complexity index is 1230. The van der Waals surface area contributed by atoms with Crippen LogP contribution >= 0.6 is 0 Å². The Morgan fingerprint density at radius 1 is 0.595 bits per heavy atom. The van der Waals surface area contributed by atoms with Crippen molar-refractivity contribution in [2.45, 2.75) is 26.1 Å². The van der Waals surface area contributed by atoms with Gasteiger partial charge in [0.1, 0.15) is 11.5 Å². The van der Waals surface area contributed by atoms with Gasteiger partial charge in [0.25, 0.3) is 0 Å². The first-order chi connectivity index (χ1) is 17.0. The monoisotopic (exact) mass is 628 g/mol. The van der Waals surface area contributed by atoms with E-state index in [9.17, 15) is 19.8 Å². The Morgan fingerprint density at radius 2 is 0.973 bits per heavy atom. The molecule has 0 saturated heterocycles. The zero-order valence-corrected chi connectivity index (χ0v) is 23.0. The number of ether oxygens (including phenoxy) is 1. The van der Waals surface area contributed by atoms with Crippen LogP contribution in [0.5, 0.6) is 11.5 Å². The van der Waals surface area contributed by atoms with Crippen molar-refractivity contribution in [1.29, 1.82) is 0 Å². The minimum absolute atomic E-state index is 0. The van der Waals surface area contributed by atoms with Gasteiger partial charge >= 0.3 is 11.8 Å². The standard InChI is InChI=1S/C28H26N2O5.2BrH/c31-19-23-3-1-13-29(17-23)27(33)15-21-5-9-25(10-6-21)35-26-11-7-22(8-12-26)16-28(34)30-14-2-4-24(18-30)20-32;;/h1-14,17-18,31-32H,15-16,19-20H2;2*1H/q+2;;/p-2. The van der Waals surface area contributed by atoms with Crippen molar-refractivity contribution >= 4 is 11.8 Å². The van der Waals surface area contributed by atoms with Crippen LogP contribution in [0.2, 0.25) is 0 Å². The van der Waals surface area contributed by atoms with E-state index in [4.69, 9.17) is 4.74 Å². The Balaban J connectivity index is 0.00000241. The molecule has 4 rings (SSSR count). The highest BCUT2D eigenvalue weighted by Gasteiger charge is 2.17. The second-order valence-corrected chi connectivity index (χ2v) is 8.09. The van der Waals surface area contributed by atoms with E-state index in [1.54, 1.807) is 73.3 Å². The van der Waals surface area contributed by atoms with E-state index in [1.165, 1.54) is 9.13 Å². The fraction of sp³-hybridized carbons (Fsp3) is 0.143. The third-order valence-corrected chi connectivity index (χ3v) is 5.46. The fourth-order valence-corrected chi connectivity index (χ4v) is 3.56. The molecule has 0 amide bonds. The number of rotatable bonds is 8. The lowest BCUT2D eigenvalue weighted by atomic mass is 10.1. The van der Waals surface area contributed by atoms with Crippen molar-refractivity contribution < 1.29 is 67.6 Å². The quantitative estimate of drug-likeness (QED) is 0.201. The number of carbonyl (C=O) groups excluding carboxylic acids is 2. The lowest BCUT2D eigenvalue weighted by Gasteiger charge is -2.07. The summed E-state index contributed by atoms with van der Waals surface area (Å²) < 4.78 is 8.84. The van der Waals surface area contributed by atoms with Crippen LogP contribution in [0.3, 0.4) is 0 Å². The second kappa shape index (κ2) is 14.5. The van der Waals surface area contributed by atoms with E-state index < -0.39 is 0 Å². The maximum absolute atomic E-state index is 12.5. The molecule has 0 aliphatic rings. The number of aliphatic hydroxyl groups is 2. The van der Waals surface area contributed by atoms with Crippen LogP contribution in [0, 0.1) is 0 Å². The van der Waals surface area contributed by atoms with Gasteiger partial charge in [-0.05, 0) is 47.5 Å². The Hall–Kier alpha value is -3.24. The molecule has 2 heterocycles. The minimum Gasteiger partial charge on any atom is -1.00 e. The first-order valence-electron chi connectivity index (χ1n) is 11.2. The van der Waals surface area contributed by atoms with Crippen molar-refractivity contribution in [3.63, 3.8) is 0 Å². The molecule has 0 aliphatic carbocycles. The number of aromatic nitrogens is 2. The first kappa shape index (κ1) is 30.0. The molecule has 37 heavy (non-hydrogen) atoms. The molecule has 9 heteroatoms. The van der Waals surface area contributed by atoms with Crippen LogP contribution < -0.4 is 47.8 Å². The molecule has 0 bridgehead atoms. The minimum atomic E-state index is -0.116. The van der Waals surface area contributed by atoms with E-state index >= 15 is 0 Å². The SMILES string of the molecule is O=C(Cc1ccc(Oc2ccc(CC(=O)[n+]3cccc(CO)c3)cc2)cc1)[n+]1cccc(CO)c1.[Br-].[Br-]. The zero-order valence-electron chi connectivity index (χ0n) is 19.8. The predicted molar refractivity (Wildman–Crippen MR) is 127 cm³/mol. The first-order valence-corrected chi connectivity index (χ1v) is 11.2. The van der Waals surface area contributed by atoms with Gasteiger partial charge in [0.05, 0.1) is 26.1 Å². The average molecular weight is 630 g/mol. The number of halogens is 2. The molecule has 4 aromatic rings. The number of carbonyl (C=O) groups is 2. The van der Waals surface area contributed by atoms with Gasteiger partial charge in [-0.3, -0.25) is 0 Å². The lowest BCUT2D eigenvalue weighted by molar-refractivity contribution is -0.575. The van der Waals surface area contributed by atoms with Crippen LogP contribution in [0.15, 0.2) is 97.6 Å². The van der Waals surface area contributed by atoms with E-state index in [1.807, 2.05) is 24.3 Å². The molecule has 0 spiro atoms. The van der Waals surface area contributed by atoms with Crippen LogP contribution in [0.25, 0.3) is 0 Å². The van der Waals surface area contributed by atoms with Gasteiger partial charge in [-0.25, -0.2) is 9.59 Å². The van der Waals surface area contributed by atoms with Gasteiger partial charge in [-0.1, -0.05) is 24.3 Å². The molecule has 2 aromatic heterocycles. The number of hydrogen-bond acceptors (Lipinski definition) is 5. The van der Waals surface area contributed by atoms with E-state index in [2.05, 4.69) is 0 Å². The highest BCUT2D eigenvalue weighted by atomic mass is 79.9. The van der Waals surface area contributed by atoms with Gasteiger partial charge in [-0.2, -0.15) is 0 Å². The molecular formula is C28H26Br2N2O5. The number of pyridine rings is 2. The van der Waals surface area contributed by atoms with Crippen LogP contribution in [-0.4, -0.2) is 22.0 Å². The topological polar surface area (TPSA) is 91.6 Å². The number of benzene rings is 2. The van der Waals surface area contributed by atoms with E-state index in [0.29, 0.717) is 22.6 Å². The van der Waals surface area contributed by atoms with Crippen molar-refractivity contribution in [1.82, 2.24) is 0 Å². The highest BCUT2D eigenvalue weighted by molar-refractivity contribution is 5.70. The molecule has 0 radical (unpaired) electrons. The molecule has 0 fully saturated rings. The molecule has 0 unspecified atom stereocenters. The summed E-state index contributed by atoms with van der Waals surface area (Å²) in [7, 11) is 0. The maximum atomic E-state index is 12.5. The summed E-state index contributed by atoms with van der Waals surface area (Å²) in [5.74, 6) is 1.08. The molecule has 0 saturated carbocycles. The molecule has 2 N–H and O–H groups in total. The second-order valence-electron chi connectivity index (χ2n) is 8.09. The Kier molecular flexibility index (Phi) is 11.7. The van der Waals surface area contributed by atoms with Crippen molar-refractivity contribution in [3.05, 3.63) is 120 Å². The predicted octanol–water partition coefficient (Wildman–Crippen LogP) is -3.19. The van der Waals surface area contributed by atoms with E-state index in [-0.39, 0.29) is 71.8 Å². The number of nitrogens with zero attached hydrogens (tertiary/aromatic N) is 2. The third-order valence-electron chi connectivity index (χ3n) is 5.46. The Labute approximate surface area is 236 Å². The largest absolute Gasteiger partial charge is 1.00 e. The average Bonchev–Trinajstić information content (AvgIpc) is 2.91. The molecule has 2 aromatic carbocycles. The molecule has 0 aliphatic heterocycles. The molecule has 7 nitrogen and oxygen atoms in total. The lowest BCUT2D eigenvalue weighted by Crippen LogP contribution is -3.00. The van der Waals surface area contributed by atoms with Gasteiger partial charge in [-0.15, -0.1) is 9.13 Å². The normalized spacial score (nSPS) is 10.1. The van der Waals surface area contributed by atoms with Crippen LogP contribution in [0.4, 0.5) is 0 Å². The van der Waals surface area contributed by atoms with Crippen LogP contribution in [0.1, 0.15) is 31.8 Å². The van der Waals surface area contributed by atoms with Crippen molar-refractivity contribution in [2.24, 2.45) is 0 Å². The Morgan fingerprint density at radius 3 is 1.32 bits per heavy atom. The van der Waals surface area contributed by atoms with Crippen LogP contribution in [-0.2, 0) is 26.1 Å². The number of aliphatic hydroxyl groups excluding tert-OH is 2. The third kappa shape index (κ3) is 8.40. The smallest absolute Gasteiger partial charge is 0.396 e. The summed E-state index contributed by atoms with van der Waals surface area (Å²) >= 11 is 0. The maximum Gasteiger partial charge on any atom is 0.396 e. The van der Waals surface area contributed by atoms with Crippen molar-refractivity contribution in [2.75, 3.05) is 0 Å². The van der Waals surface area contributed by atoms with Gasteiger partial charge in [0.2, 0.25) is 0 Å². The zero-order chi connectivity index (χ0) is 24.6. The highest BCUT2D eigenvalue weighted by Crippen LogP contribution is 2.22. The summed E-state index contributed by atoms with van der Waals surface area (Å²) in [6.07, 6.45) is 7.04. The summed E-state index contributed by atoms with van der Waals surface area (Å²) in [6, 6.07) is 21.6. The molecule has 192 valence electrons. The van der Waals surface area contributed by atoms with Gasteiger partial charge in [0.15, 0.2) is 24.8 Å². The van der Waals surface area contributed by atoms with Gasteiger partial charge < -0.3 is 48.9 Å². The molecular weight excluding hydrogens is 604 g/mol. The summed E-state index contributed by atoms with van der Waals surface area (Å²) in [4.78, 5) is 25.0. The van der Waals surface area contributed by atoms with Gasteiger partial charge in [0, 0.05) is 23.3 Å². The van der Waals surface area contributed by atoms with Crippen molar-refractivity contribution in [3.8, 4) is 11.5 Å². The van der Waals surface area contributed by atoms with E-state index in [0.717, 1.165) is 11.1 Å². The number of hydrogen-bond donors (Lipinski definition) is 2. The fourth-order valence-electron chi connectivity index (χ4n) is 3.56.